The van der Waals surface area contributed by atoms with Crippen molar-refractivity contribution in [3.05, 3.63) is 45.8 Å². The molecule has 6 heteroatoms. The number of thiophene rings is 1. The predicted molar refractivity (Wildman–Crippen MR) is 126 cm³/mol. The van der Waals surface area contributed by atoms with E-state index in [4.69, 9.17) is 9.47 Å². The van der Waals surface area contributed by atoms with Crippen molar-refractivity contribution in [2.24, 2.45) is 11.8 Å². The maximum atomic E-state index is 12.5. The summed E-state index contributed by atoms with van der Waals surface area (Å²) in [4.78, 5) is 13.7. The predicted octanol–water partition coefficient (Wildman–Crippen LogP) is 5.83. The van der Waals surface area contributed by atoms with E-state index in [2.05, 4.69) is 32.2 Å². The minimum atomic E-state index is -0.251. The number of amides is 1. The van der Waals surface area contributed by atoms with E-state index >= 15 is 0 Å². The Morgan fingerprint density at radius 2 is 2.19 bits per heavy atom. The lowest BCUT2D eigenvalue weighted by molar-refractivity contribution is -0.111. The van der Waals surface area contributed by atoms with E-state index in [1.54, 1.807) is 13.2 Å². The molecule has 3 rings (SSSR count). The number of nitriles is 1. The fraction of sp³-hybridized carbons (Fsp3) is 0.440. The standard InChI is InChI=1S/C25H30N2O3S/c1-16(2)11-12-30-21-9-6-18(14-22(21)29-4)7-10-24(28)27-25-20(15-26)19-8-5-17(3)13-23(19)31-25/h6-7,9-10,14,16-17H,5,8,11-13H2,1-4H3,(H,27,28)/b10-7+. The highest BCUT2D eigenvalue weighted by molar-refractivity contribution is 7.16. The summed E-state index contributed by atoms with van der Waals surface area (Å²) in [6.45, 7) is 7.18. The number of hydrogen-bond donors (Lipinski definition) is 1. The summed E-state index contributed by atoms with van der Waals surface area (Å²) in [5.41, 5.74) is 2.57. The molecule has 1 aliphatic rings. The number of carbonyl (C=O) groups is 1. The molecule has 0 saturated heterocycles. The van der Waals surface area contributed by atoms with Gasteiger partial charge in [-0.05, 0) is 66.9 Å². The molecule has 0 radical (unpaired) electrons. The summed E-state index contributed by atoms with van der Waals surface area (Å²) in [6.07, 6.45) is 7.16. The molecular weight excluding hydrogens is 408 g/mol. The average Bonchev–Trinajstić information content (AvgIpc) is 3.08. The summed E-state index contributed by atoms with van der Waals surface area (Å²) in [5, 5.41) is 13.1. The number of methoxy groups -OCH3 is 1. The summed E-state index contributed by atoms with van der Waals surface area (Å²) >= 11 is 1.53. The van der Waals surface area contributed by atoms with Gasteiger partial charge in [-0.25, -0.2) is 0 Å². The molecule has 1 N–H and O–H groups in total. The number of anilines is 1. The second kappa shape index (κ2) is 10.5. The second-order valence-electron chi connectivity index (χ2n) is 8.43. The zero-order valence-electron chi connectivity index (χ0n) is 18.7. The van der Waals surface area contributed by atoms with Crippen LogP contribution in [0.25, 0.3) is 6.08 Å². The smallest absolute Gasteiger partial charge is 0.249 e. The highest BCUT2D eigenvalue weighted by atomic mass is 32.1. The van der Waals surface area contributed by atoms with Crippen molar-refractivity contribution in [1.29, 1.82) is 5.26 Å². The first-order chi connectivity index (χ1) is 14.9. The summed E-state index contributed by atoms with van der Waals surface area (Å²) in [6, 6.07) is 7.88. The van der Waals surface area contributed by atoms with E-state index in [1.807, 2.05) is 18.2 Å². The van der Waals surface area contributed by atoms with Crippen molar-refractivity contribution in [2.75, 3.05) is 19.0 Å². The Morgan fingerprint density at radius 1 is 1.39 bits per heavy atom. The number of nitrogens with one attached hydrogen (secondary N) is 1. The molecule has 0 spiro atoms. The van der Waals surface area contributed by atoms with Crippen molar-refractivity contribution in [1.82, 2.24) is 0 Å². The van der Waals surface area contributed by atoms with Crippen LogP contribution in [0.4, 0.5) is 5.00 Å². The molecule has 1 aromatic carbocycles. The van der Waals surface area contributed by atoms with Gasteiger partial charge in [-0.15, -0.1) is 11.3 Å². The van der Waals surface area contributed by atoms with Gasteiger partial charge >= 0.3 is 0 Å². The molecule has 1 unspecified atom stereocenters. The third-order valence-electron chi connectivity index (χ3n) is 5.43. The molecular formula is C25H30N2O3S. The highest BCUT2D eigenvalue weighted by Crippen LogP contribution is 2.39. The number of carbonyl (C=O) groups excluding carboxylic acids is 1. The van der Waals surface area contributed by atoms with Gasteiger partial charge in [-0.2, -0.15) is 5.26 Å². The normalized spacial score (nSPS) is 15.5. The van der Waals surface area contributed by atoms with Gasteiger partial charge < -0.3 is 14.8 Å². The Morgan fingerprint density at radius 3 is 2.90 bits per heavy atom. The average molecular weight is 439 g/mol. The summed E-state index contributed by atoms with van der Waals surface area (Å²) < 4.78 is 11.3. The van der Waals surface area contributed by atoms with Gasteiger partial charge in [-0.3, -0.25) is 4.79 Å². The molecule has 1 aromatic heterocycles. The van der Waals surface area contributed by atoms with Crippen LogP contribution >= 0.6 is 11.3 Å². The number of rotatable bonds is 8. The topological polar surface area (TPSA) is 71.3 Å². The number of benzene rings is 1. The van der Waals surface area contributed by atoms with Gasteiger partial charge in [0, 0.05) is 11.0 Å². The number of hydrogen-bond acceptors (Lipinski definition) is 5. The monoisotopic (exact) mass is 438 g/mol. The maximum Gasteiger partial charge on any atom is 0.249 e. The Hall–Kier alpha value is -2.78. The molecule has 1 aliphatic carbocycles. The van der Waals surface area contributed by atoms with E-state index in [0.717, 1.165) is 36.8 Å². The quantitative estimate of drug-likeness (QED) is 0.526. The van der Waals surface area contributed by atoms with Crippen molar-refractivity contribution in [2.45, 2.75) is 46.5 Å². The van der Waals surface area contributed by atoms with E-state index in [1.165, 1.54) is 22.3 Å². The Labute approximate surface area is 188 Å². The Bertz CT molecular complexity index is 1000. The van der Waals surface area contributed by atoms with Gasteiger partial charge in [-0.1, -0.05) is 26.8 Å². The largest absolute Gasteiger partial charge is 0.493 e. The lowest BCUT2D eigenvalue weighted by Crippen LogP contribution is -2.10. The number of fused-ring (bicyclic) bond motifs is 1. The van der Waals surface area contributed by atoms with E-state index < -0.39 is 0 Å². The number of nitrogens with zero attached hydrogens (tertiary/aromatic N) is 1. The summed E-state index contributed by atoms with van der Waals surface area (Å²) in [7, 11) is 1.60. The zero-order valence-corrected chi connectivity index (χ0v) is 19.5. The van der Waals surface area contributed by atoms with Crippen molar-refractivity contribution in [3.63, 3.8) is 0 Å². The first kappa shape index (κ1) is 22.9. The molecule has 1 heterocycles. The van der Waals surface area contributed by atoms with E-state index in [0.29, 0.717) is 40.5 Å². The van der Waals surface area contributed by atoms with Crippen LogP contribution in [0.3, 0.4) is 0 Å². The van der Waals surface area contributed by atoms with Crippen molar-refractivity contribution in [3.8, 4) is 17.6 Å². The van der Waals surface area contributed by atoms with Crippen LogP contribution in [0, 0.1) is 23.2 Å². The molecule has 0 bridgehead atoms. The highest BCUT2D eigenvalue weighted by Gasteiger charge is 2.24. The van der Waals surface area contributed by atoms with Crippen LogP contribution in [0.15, 0.2) is 24.3 Å². The Kier molecular flexibility index (Phi) is 7.75. The zero-order chi connectivity index (χ0) is 22.4. The van der Waals surface area contributed by atoms with Gasteiger partial charge in [0.15, 0.2) is 11.5 Å². The fourth-order valence-corrected chi connectivity index (χ4v) is 4.96. The fourth-order valence-electron chi connectivity index (χ4n) is 3.59. The van der Waals surface area contributed by atoms with Crippen LogP contribution in [-0.4, -0.2) is 19.6 Å². The first-order valence-electron chi connectivity index (χ1n) is 10.8. The van der Waals surface area contributed by atoms with E-state index in [-0.39, 0.29) is 5.91 Å². The molecule has 164 valence electrons. The SMILES string of the molecule is COc1cc(/C=C/C(=O)Nc2sc3c(c2C#N)CCC(C)C3)ccc1OCCC(C)C. The number of ether oxygens (including phenoxy) is 2. The molecule has 0 saturated carbocycles. The first-order valence-corrected chi connectivity index (χ1v) is 11.6. The van der Waals surface area contributed by atoms with Crippen LogP contribution in [0.2, 0.25) is 0 Å². The third kappa shape index (κ3) is 5.89. The van der Waals surface area contributed by atoms with Crippen LogP contribution in [0.1, 0.15) is 55.2 Å². The molecule has 5 nitrogen and oxygen atoms in total. The minimum Gasteiger partial charge on any atom is -0.493 e. The van der Waals surface area contributed by atoms with Crippen LogP contribution < -0.4 is 14.8 Å². The molecule has 1 amide bonds. The van der Waals surface area contributed by atoms with Gasteiger partial charge in [0.05, 0.1) is 19.3 Å². The van der Waals surface area contributed by atoms with Crippen molar-refractivity contribution >= 4 is 28.3 Å². The van der Waals surface area contributed by atoms with Gasteiger partial charge in [0.2, 0.25) is 5.91 Å². The van der Waals surface area contributed by atoms with E-state index in [9.17, 15) is 10.1 Å². The molecule has 2 aromatic rings. The lowest BCUT2D eigenvalue weighted by Gasteiger charge is -2.17. The third-order valence-corrected chi connectivity index (χ3v) is 6.60. The molecule has 31 heavy (non-hydrogen) atoms. The van der Waals surface area contributed by atoms with Gasteiger partial charge in [0.1, 0.15) is 11.1 Å². The second-order valence-corrected chi connectivity index (χ2v) is 9.54. The molecule has 0 fully saturated rings. The van der Waals surface area contributed by atoms with Crippen molar-refractivity contribution < 1.29 is 14.3 Å². The van der Waals surface area contributed by atoms with Gasteiger partial charge in [0.25, 0.3) is 0 Å². The maximum absolute atomic E-state index is 12.5. The van der Waals surface area contributed by atoms with Crippen LogP contribution in [-0.2, 0) is 17.6 Å². The molecule has 0 aliphatic heterocycles. The van der Waals surface area contributed by atoms with Crippen LogP contribution in [0.5, 0.6) is 11.5 Å². The minimum absolute atomic E-state index is 0.251. The Balaban J connectivity index is 1.67. The molecule has 1 atom stereocenters. The summed E-state index contributed by atoms with van der Waals surface area (Å²) in [5.74, 6) is 2.28. The lowest BCUT2D eigenvalue weighted by atomic mass is 9.89.